The Kier molecular flexibility index (Phi) is 7.38. The van der Waals surface area contributed by atoms with Crippen molar-refractivity contribution in [3.8, 4) is 23.0 Å². The average Bonchev–Trinajstić information content (AvgIpc) is 3.57. The molecule has 1 saturated carbocycles. The van der Waals surface area contributed by atoms with Gasteiger partial charge in [0.1, 0.15) is 30.1 Å². The molecule has 1 aromatic carbocycles. The molecule has 1 aliphatic heterocycles. The second-order valence-corrected chi connectivity index (χ2v) is 10.9. The number of aromatic nitrogens is 5. The van der Waals surface area contributed by atoms with E-state index in [2.05, 4.69) is 45.1 Å². The van der Waals surface area contributed by atoms with E-state index < -0.39 is 0 Å². The van der Waals surface area contributed by atoms with Gasteiger partial charge in [-0.2, -0.15) is 4.98 Å². The lowest BCUT2D eigenvalue weighted by atomic mass is 10.1. The van der Waals surface area contributed by atoms with Gasteiger partial charge in [-0.05, 0) is 62.1 Å². The molecule has 2 aliphatic rings. The molecule has 3 aromatic heterocycles. The molecule has 9 nitrogen and oxygen atoms in total. The van der Waals surface area contributed by atoms with Crippen LogP contribution in [0.25, 0.3) is 22.6 Å². The van der Waals surface area contributed by atoms with Crippen molar-refractivity contribution in [2.45, 2.75) is 45.3 Å². The number of piperazine rings is 1. The fraction of sp³-hybridized carbons (Fsp3) is 0.448. The molecule has 1 saturated heterocycles. The number of benzene rings is 1. The van der Waals surface area contributed by atoms with Gasteiger partial charge >= 0.3 is 0 Å². The zero-order valence-electron chi connectivity index (χ0n) is 22.5. The van der Waals surface area contributed by atoms with E-state index in [0.717, 1.165) is 69.0 Å². The van der Waals surface area contributed by atoms with Crippen LogP contribution in [0, 0.1) is 0 Å². The van der Waals surface area contributed by atoms with E-state index in [9.17, 15) is 0 Å². The van der Waals surface area contributed by atoms with Gasteiger partial charge in [0.2, 0.25) is 5.88 Å². The van der Waals surface area contributed by atoms with Crippen LogP contribution in [-0.4, -0.2) is 74.3 Å². The number of aryl methyl sites for hydroxylation is 1. The minimum Gasteiger partial charge on any atom is -0.492 e. The monoisotopic (exact) mass is 547 g/mol. The largest absolute Gasteiger partial charge is 0.492 e. The second-order valence-electron chi connectivity index (χ2n) is 10.5. The summed E-state index contributed by atoms with van der Waals surface area (Å²) in [6, 6.07) is 9.94. The van der Waals surface area contributed by atoms with Gasteiger partial charge in [0.15, 0.2) is 11.2 Å². The molecule has 0 bridgehead atoms. The van der Waals surface area contributed by atoms with Gasteiger partial charge in [-0.1, -0.05) is 18.5 Å². The molecule has 6 rings (SSSR count). The fourth-order valence-corrected chi connectivity index (χ4v) is 5.10. The fourth-order valence-electron chi connectivity index (χ4n) is 4.85. The van der Waals surface area contributed by atoms with Crippen molar-refractivity contribution >= 4 is 22.8 Å². The highest BCUT2D eigenvalue weighted by atomic mass is 35.5. The summed E-state index contributed by atoms with van der Waals surface area (Å²) in [5, 5.41) is 3.94. The first-order chi connectivity index (χ1) is 19.0. The molecule has 204 valence electrons. The van der Waals surface area contributed by atoms with Crippen LogP contribution in [0.1, 0.15) is 37.9 Å². The topological polar surface area (TPSA) is 90.2 Å². The van der Waals surface area contributed by atoms with Crippen molar-refractivity contribution in [2.24, 2.45) is 0 Å². The first-order valence-electron chi connectivity index (χ1n) is 13.7. The van der Waals surface area contributed by atoms with Crippen LogP contribution in [0.15, 0.2) is 42.9 Å². The number of nitrogens with one attached hydrogen (secondary N) is 1. The molecule has 1 aliphatic carbocycles. The predicted molar refractivity (Wildman–Crippen MR) is 152 cm³/mol. The summed E-state index contributed by atoms with van der Waals surface area (Å²) in [6.07, 6.45) is 6.33. The zero-order valence-corrected chi connectivity index (χ0v) is 23.2. The molecule has 0 atom stereocenters. The van der Waals surface area contributed by atoms with Gasteiger partial charge in [-0.15, -0.1) is 0 Å². The second kappa shape index (κ2) is 11.1. The highest BCUT2D eigenvalue weighted by Gasteiger charge is 2.41. The van der Waals surface area contributed by atoms with Crippen LogP contribution in [0.5, 0.6) is 11.6 Å². The standard InChI is InChI=1S/C29H34ClN7O2/c1-3-20-6-9-32-21(16-20)18-37-26(35-25-27(37)33-19-34-28(25)39-29(2)7-8-29)23-5-4-22(17-24(23)30)38-15-14-36-12-10-31-11-13-36/h4-6,9,16-17,19,31H,3,7-8,10-15,18H2,1-2H3. The third kappa shape index (κ3) is 5.85. The van der Waals surface area contributed by atoms with Crippen molar-refractivity contribution in [1.82, 2.24) is 34.7 Å². The Morgan fingerprint density at radius 2 is 1.92 bits per heavy atom. The molecule has 0 unspecified atom stereocenters. The number of fused-ring (bicyclic) bond motifs is 1. The molecule has 0 radical (unpaired) electrons. The molecular weight excluding hydrogens is 514 g/mol. The Morgan fingerprint density at radius 1 is 1.08 bits per heavy atom. The van der Waals surface area contributed by atoms with E-state index >= 15 is 0 Å². The van der Waals surface area contributed by atoms with Gasteiger partial charge in [0, 0.05) is 44.5 Å². The number of nitrogens with zero attached hydrogens (tertiary/aromatic N) is 6. The Balaban J connectivity index is 1.32. The van der Waals surface area contributed by atoms with Crippen molar-refractivity contribution in [1.29, 1.82) is 0 Å². The average molecular weight is 548 g/mol. The third-order valence-electron chi connectivity index (χ3n) is 7.47. The number of halogens is 1. The summed E-state index contributed by atoms with van der Waals surface area (Å²) in [6.45, 7) is 10.4. The molecule has 1 N–H and O–H groups in total. The van der Waals surface area contributed by atoms with Crippen LogP contribution < -0.4 is 14.8 Å². The predicted octanol–water partition coefficient (Wildman–Crippen LogP) is 4.37. The van der Waals surface area contributed by atoms with Crippen molar-refractivity contribution in [2.75, 3.05) is 39.3 Å². The normalized spacial score (nSPS) is 16.9. The van der Waals surface area contributed by atoms with Crippen LogP contribution in [-0.2, 0) is 13.0 Å². The van der Waals surface area contributed by atoms with E-state index in [-0.39, 0.29) is 5.60 Å². The van der Waals surface area contributed by atoms with E-state index in [4.69, 9.17) is 26.1 Å². The first-order valence-corrected chi connectivity index (χ1v) is 14.1. The Labute approximate surface area is 233 Å². The zero-order chi connectivity index (χ0) is 26.8. The van der Waals surface area contributed by atoms with Crippen molar-refractivity contribution in [3.63, 3.8) is 0 Å². The van der Waals surface area contributed by atoms with E-state index in [1.165, 1.54) is 11.9 Å². The molecule has 4 heterocycles. The lowest BCUT2D eigenvalue weighted by Gasteiger charge is -2.26. The molecule has 0 spiro atoms. The molecule has 39 heavy (non-hydrogen) atoms. The summed E-state index contributed by atoms with van der Waals surface area (Å²) in [5.74, 6) is 1.93. The number of hydrogen-bond acceptors (Lipinski definition) is 8. The summed E-state index contributed by atoms with van der Waals surface area (Å²) in [4.78, 5) is 21.1. The minimum absolute atomic E-state index is 0.191. The molecule has 2 fully saturated rings. The third-order valence-corrected chi connectivity index (χ3v) is 7.78. The lowest BCUT2D eigenvalue weighted by Crippen LogP contribution is -2.44. The number of rotatable bonds is 10. The van der Waals surface area contributed by atoms with Crippen molar-refractivity contribution < 1.29 is 9.47 Å². The van der Waals surface area contributed by atoms with Crippen LogP contribution >= 0.6 is 11.6 Å². The Bertz CT molecular complexity index is 1460. The Hall–Kier alpha value is -3.27. The number of hydrogen-bond donors (Lipinski definition) is 1. The lowest BCUT2D eigenvalue weighted by molar-refractivity contribution is 0.191. The number of imidazole rings is 1. The van der Waals surface area contributed by atoms with Crippen LogP contribution in [0.4, 0.5) is 0 Å². The molecule has 4 aromatic rings. The van der Waals surface area contributed by atoms with Gasteiger partial charge < -0.3 is 19.4 Å². The molecular formula is C29H34ClN7O2. The maximum Gasteiger partial charge on any atom is 0.245 e. The van der Waals surface area contributed by atoms with Crippen molar-refractivity contribution in [3.05, 3.63) is 59.1 Å². The molecule has 10 heteroatoms. The maximum absolute atomic E-state index is 6.86. The first kappa shape index (κ1) is 26.0. The van der Waals surface area contributed by atoms with Gasteiger partial charge in [-0.3, -0.25) is 9.88 Å². The maximum atomic E-state index is 6.86. The molecule has 0 amide bonds. The Morgan fingerprint density at radius 3 is 2.69 bits per heavy atom. The SMILES string of the molecule is CCc1ccnc(Cn2c(-c3ccc(OCCN4CCNCC4)cc3Cl)nc3c(OC4(C)CC4)ncnc32)c1. The van der Waals surface area contributed by atoms with E-state index in [0.29, 0.717) is 41.0 Å². The van der Waals surface area contributed by atoms with Gasteiger partial charge in [0.05, 0.1) is 17.3 Å². The summed E-state index contributed by atoms with van der Waals surface area (Å²) in [5.41, 5.74) is 4.07. The van der Waals surface area contributed by atoms with Crippen LogP contribution in [0.3, 0.4) is 0 Å². The summed E-state index contributed by atoms with van der Waals surface area (Å²) >= 11 is 6.86. The van der Waals surface area contributed by atoms with E-state index in [1.54, 1.807) is 0 Å². The van der Waals surface area contributed by atoms with Gasteiger partial charge in [0.25, 0.3) is 0 Å². The van der Waals surface area contributed by atoms with E-state index in [1.807, 2.05) is 35.0 Å². The number of ether oxygens (including phenoxy) is 2. The summed E-state index contributed by atoms with van der Waals surface area (Å²) in [7, 11) is 0. The highest BCUT2D eigenvalue weighted by Crippen LogP contribution is 2.41. The van der Waals surface area contributed by atoms with Gasteiger partial charge in [-0.25, -0.2) is 9.97 Å². The highest BCUT2D eigenvalue weighted by molar-refractivity contribution is 6.33. The van der Waals surface area contributed by atoms with Crippen LogP contribution in [0.2, 0.25) is 5.02 Å². The quantitative estimate of drug-likeness (QED) is 0.313. The minimum atomic E-state index is -0.191. The number of pyridine rings is 1. The summed E-state index contributed by atoms with van der Waals surface area (Å²) < 4.78 is 14.4. The smallest absolute Gasteiger partial charge is 0.245 e.